The third kappa shape index (κ3) is 9.27. The Bertz CT molecular complexity index is 2150. The maximum absolute atomic E-state index is 4.33. The first kappa shape index (κ1) is 37.9. The molecule has 0 spiro atoms. The lowest BCUT2D eigenvalue weighted by atomic mass is 9.94. The molecule has 57 heavy (non-hydrogen) atoms. The lowest BCUT2D eigenvalue weighted by molar-refractivity contribution is 1.17. The molecular weight excluding hydrogens is 697 g/mol. The molecule has 0 unspecified atom stereocenters. The number of nitrogens with zero attached hydrogens (tertiary/aromatic N) is 6. The van der Waals surface area contributed by atoms with Gasteiger partial charge in [-0.15, -0.1) is 0 Å². The zero-order chi connectivity index (χ0) is 39.2. The highest BCUT2D eigenvalue weighted by molar-refractivity contribution is 5.79. The van der Waals surface area contributed by atoms with Gasteiger partial charge in [0, 0.05) is 47.7 Å². The van der Waals surface area contributed by atoms with Gasteiger partial charge in [-0.1, -0.05) is 146 Å². The molecule has 0 amide bonds. The third-order valence-electron chi connectivity index (χ3n) is 9.79. The Morgan fingerprint density at radius 3 is 1.19 bits per heavy atom. The zero-order valence-electron chi connectivity index (χ0n) is 32.2. The van der Waals surface area contributed by atoms with E-state index in [1.807, 2.05) is 42.7 Å². The fourth-order valence-corrected chi connectivity index (χ4v) is 6.86. The van der Waals surface area contributed by atoms with Crippen molar-refractivity contribution in [3.05, 3.63) is 218 Å². The summed E-state index contributed by atoms with van der Waals surface area (Å²) in [6.07, 6.45) is 12.2. The lowest BCUT2D eigenvalue weighted by Gasteiger charge is -2.11. The van der Waals surface area contributed by atoms with Crippen molar-refractivity contribution in [3.63, 3.8) is 0 Å². The fraction of sp³-hybridized carbons (Fsp3) is 0.0588. The van der Waals surface area contributed by atoms with E-state index in [1.54, 1.807) is 31.2 Å². The molecule has 0 fully saturated rings. The smallest absolute Gasteiger partial charge is 0.159 e. The summed E-state index contributed by atoms with van der Waals surface area (Å²) < 4.78 is 0. The Morgan fingerprint density at radius 1 is 0.298 bits per heavy atom. The summed E-state index contributed by atoms with van der Waals surface area (Å²) in [4.78, 5) is 25.2. The van der Waals surface area contributed by atoms with Crippen LogP contribution in [0, 0.1) is 20.8 Å². The predicted octanol–water partition coefficient (Wildman–Crippen LogP) is 12.4. The van der Waals surface area contributed by atoms with E-state index in [4.69, 9.17) is 0 Å². The van der Waals surface area contributed by atoms with E-state index in [0.29, 0.717) is 0 Å². The molecule has 6 aromatic carbocycles. The molecule has 6 nitrogen and oxygen atoms in total. The second-order valence-corrected chi connectivity index (χ2v) is 13.3. The van der Waals surface area contributed by atoms with Gasteiger partial charge >= 0.3 is 0 Å². The highest BCUT2D eigenvalue weighted by Crippen LogP contribution is 2.33. The Morgan fingerprint density at radius 2 is 0.719 bits per heavy atom. The number of hydrogen-bond donors (Lipinski definition) is 0. The standard InChI is InChI=1S/3C17H14N2/c1-13-15(14-7-3-2-4-8-14)9-5-10-16(13)17-18-11-6-12-19-17;1-13-16(14-6-3-2-4-7-14)8-5-9-17(13)15-10-18-12-19-11-15;1-13-15(14-6-3-2-4-7-14)8-5-9-16(13)17-10-11-18-12-19-17/h3*2-12H,1H3. The van der Waals surface area contributed by atoms with Crippen molar-refractivity contribution in [2.45, 2.75) is 20.8 Å². The second-order valence-electron chi connectivity index (χ2n) is 13.3. The minimum Gasteiger partial charge on any atom is -0.245 e. The van der Waals surface area contributed by atoms with E-state index in [9.17, 15) is 0 Å². The van der Waals surface area contributed by atoms with Crippen molar-refractivity contribution in [2.75, 3.05) is 0 Å². The molecule has 0 atom stereocenters. The molecule has 0 bridgehead atoms. The van der Waals surface area contributed by atoms with Gasteiger partial charge in [-0.2, -0.15) is 0 Å². The van der Waals surface area contributed by atoms with Crippen LogP contribution in [0.25, 0.3) is 67.2 Å². The average Bonchev–Trinajstić information content (AvgIpc) is 3.29. The first-order chi connectivity index (χ1) is 28.1. The van der Waals surface area contributed by atoms with Crippen molar-refractivity contribution in [1.82, 2.24) is 29.9 Å². The van der Waals surface area contributed by atoms with E-state index < -0.39 is 0 Å². The lowest BCUT2D eigenvalue weighted by Crippen LogP contribution is -1.92. The highest BCUT2D eigenvalue weighted by atomic mass is 14.9. The summed E-state index contributed by atoms with van der Waals surface area (Å²) in [5.74, 6) is 0.776. The minimum absolute atomic E-state index is 0.776. The molecule has 0 aliphatic carbocycles. The van der Waals surface area contributed by atoms with Crippen molar-refractivity contribution < 1.29 is 0 Å². The fourth-order valence-electron chi connectivity index (χ4n) is 6.86. The predicted molar refractivity (Wildman–Crippen MR) is 233 cm³/mol. The Labute approximate surface area is 334 Å². The molecule has 3 aromatic heterocycles. The third-order valence-corrected chi connectivity index (χ3v) is 9.79. The van der Waals surface area contributed by atoms with Crippen LogP contribution in [0.1, 0.15) is 16.7 Å². The maximum atomic E-state index is 4.33. The van der Waals surface area contributed by atoms with Crippen LogP contribution < -0.4 is 0 Å². The van der Waals surface area contributed by atoms with Crippen LogP contribution in [0.3, 0.4) is 0 Å². The summed E-state index contributed by atoms with van der Waals surface area (Å²) in [6.45, 7) is 6.40. The summed E-state index contributed by atoms with van der Waals surface area (Å²) in [5.41, 5.74) is 16.6. The van der Waals surface area contributed by atoms with Crippen LogP contribution in [-0.2, 0) is 0 Å². The molecule has 0 N–H and O–H groups in total. The molecule has 9 rings (SSSR count). The summed E-state index contributed by atoms with van der Waals surface area (Å²) in [7, 11) is 0. The van der Waals surface area contributed by atoms with E-state index >= 15 is 0 Å². The van der Waals surface area contributed by atoms with E-state index in [1.165, 1.54) is 55.6 Å². The topological polar surface area (TPSA) is 77.3 Å². The van der Waals surface area contributed by atoms with Crippen LogP contribution in [0.5, 0.6) is 0 Å². The molecule has 3 heterocycles. The van der Waals surface area contributed by atoms with Crippen molar-refractivity contribution in [2.24, 2.45) is 0 Å². The first-order valence-electron chi connectivity index (χ1n) is 18.8. The number of benzene rings is 6. The van der Waals surface area contributed by atoms with Gasteiger partial charge in [0.1, 0.15) is 12.7 Å². The van der Waals surface area contributed by atoms with Crippen LogP contribution in [0.2, 0.25) is 0 Å². The van der Waals surface area contributed by atoms with Crippen LogP contribution in [0.15, 0.2) is 201 Å². The van der Waals surface area contributed by atoms with Crippen molar-refractivity contribution in [3.8, 4) is 67.2 Å². The summed E-state index contributed by atoms with van der Waals surface area (Å²) in [6, 6.07) is 53.9. The van der Waals surface area contributed by atoms with Gasteiger partial charge in [0.2, 0.25) is 0 Å². The number of aromatic nitrogens is 6. The van der Waals surface area contributed by atoms with Crippen LogP contribution in [0.4, 0.5) is 0 Å². The normalized spacial score (nSPS) is 10.4. The van der Waals surface area contributed by atoms with Crippen LogP contribution >= 0.6 is 0 Å². The van der Waals surface area contributed by atoms with Crippen LogP contribution in [-0.4, -0.2) is 29.9 Å². The minimum atomic E-state index is 0.776. The largest absolute Gasteiger partial charge is 0.245 e. The second kappa shape index (κ2) is 18.7. The molecule has 0 saturated heterocycles. The Balaban J connectivity index is 0.000000131. The molecular formula is C51H42N6. The van der Waals surface area contributed by atoms with Gasteiger partial charge in [0.25, 0.3) is 0 Å². The molecule has 276 valence electrons. The molecule has 6 heteroatoms. The van der Waals surface area contributed by atoms with Gasteiger partial charge in [-0.3, -0.25) is 0 Å². The molecule has 0 radical (unpaired) electrons. The van der Waals surface area contributed by atoms with E-state index in [0.717, 1.165) is 28.2 Å². The zero-order valence-corrected chi connectivity index (χ0v) is 32.2. The summed E-state index contributed by atoms with van der Waals surface area (Å²) in [5, 5.41) is 0. The SMILES string of the molecule is Cc1c(-c2ccccc2)cccc1-c1ccncn1.Cc1c(-c2ccccc2)cccc1-c1cncnc1.Cc1c(-c2ccccc2)cccc1-c1ncccn1. The van der Waals surface area contributed by atoms with Crippen molar-refractivity contribution in [1.29, 1.82) is 0 Å². The van der Waals surface area contributed by atoms with Gasteiger partial charge in [0.05, 0.1) is 5.69 Å². The van der Waals surface area contributed by atoms with Crippen molar-refractivity contribution >= 4 is 0 Å². The summed E-state index contributed by atoms with van der Waals surface area (Å²) >= 11 is 0. The van der Waals surface area contributed by atoms with Gasteiger partial charge < -0.3 is 0 Å². The molecule has 0 saturated carbocycles. The quantitative estimate of drug-likeness (QED) is 0.169. The highest BCUT2D eigenvalue weighted by Gasteiger charge is 2.11. The van der Waals surface area contributed by atoms with E-state index in [-0.39, 0.29) is 0 Å². The monoisotopic (exact) mass is 738 g/mol. The van der Waals surface area contributed by atoms with Gasteiger partial charge in [-0.25, -0.2) is 29.9 Å². The Kier molecular flexibility index (Phi) is 12.4. The van der Waals surface area contributed by atoms with E-state index in [2.05, 4.69) is 178 Å². The number of rotatable bonds is 6. The molecule has 0 aliphatic rings. The van der Waals surface area contributed by atoms with Gasteiger partial charge in [0.15, 0.2) is 5.82 Å². The molecule has 0 aliphatic heterocycles. The molecule has 9 aromatic rings. The average molecular weight is 739 g/mol. The first-order valence-corrected chi connectivity index (χ1v) is 18.8. The maximum Gasteiger partial charge on any atom is 0.159 e. The van der Waals surface area contributed by atoms with Gasteiger partial charge in [-0.05, 0) is 88.5 Å². The Hall–Kier alpha value is -7.44. The number of hydrogen-bond acceptors (Lipinski definition) is 6.